The minimum atomic E-state index is -0.393. The number of nitrogens with two attached hydrogens (primary N) is 1. The summed E-state index contributed by atoms with van der Waals surface area (Å²) >= 11 is 0. The van der Waals surface area contributed by atoms with Crippen LogP contribution in [0.3, 0.4) is 0 Å². The topological polar surface area (TPSA) is 81.2 Å². The summed E-state index contributed by atoms with van der Waals surface area (Å²) < 4.78 is 0. The average molecular weight is 235 g/mol. The predicted molar refractivity (Wildman–Crippen MR) is 67.0 cm³/mol. The molecule has 3 N–H and O–H groups in total. The summed E-state index contributed by atoms with van der Waals surface area (Å²) in [7, 11) is 0. The van der Waals surface area contributed by atoms with Crippen LogP contribution in [0.5, 0.6) is 0 Å². The van der Waals surface area contributed by atoms with Gasteiger partial charge in [-0.05, 0) is 25.0 Å². The molecule has 1 saturated carbocycles. The monoisotopic (exact) mass is 235 g/mol. The first-order valence-electron chi connectivity index (χ1n) is 5.93. The van der Waals surface area contributed by atoms with Crippen LogP contribution in [0.25, 0.3) is 0 Å². The van der Waals surface area contributed by atoms with Gasteiger partial charge < -0.3 is 11.1 Å². The van der Waals surface area contributed by atoms with Crippen molar-refractivity contribution in [1.82, 2.24) is 0 Å². The number of anilines is 1. The van der Waals surface area contributed by atoms with Gasteiger partial charge in [0, 0.05) is 29.9 Å². The predicted octanol–water partition coefficient (Wildman–Crippen LogP) is 2.28. The number of benzene rings is 1. The van der Waals surface area contributed by atoms with Crippen molar-refractivity contribution in [2.45, 2.75) is 37.8 Å². The highest BCUT2D eigenvalue weighted by molar-refractivity contribution is 5.49. The molecule has 1 aliphatic carbocycles. The van der Waals surface area contributed by atoms with Crippen LogP contribution in [0.2, 0.25) is 0 Å². The smallest absolute Gasteiger partial charge is 0.269 e. The van der Waals surface area contributed by atoms with Gasteiger partial charge in [0.1, 0.15) is 0 Å². The van der Waals surface area contributed by atoms with E-state index in [4.69, 9.17) is 5.73 Å². The molecule has 1 aliphatic rings. The van der Waals surface area contributed by atoms with Gasteiger partial charge in [0.05, 0.1) is 4.92 Å². The molecule has 0 aliphatic heterocycles. The van der Waals surface area contributed by atoms with Gasteiger partial charge in [-0.1, -0.05) is 12.8 Å². The number of nitrogens with zero attached hydrogens (tertiary/aromatic N) is 1. The second kappa shape index (κ2) is 5.14. The van der Waals surface area contributed by atoms with E-state index >= 15 is 0 Å². The van der Waals surface area contributed by atoms with E-state index in [-0.39, 0.29) is 17.8 Å². The van der Waals surface area contributed by atoms with Crippen LogP contribution in [-0.4, -0.2) is 17.0 Å². The number of nitro benzene ring substituents is 1. The lowest BCUT2D eigenvalue weighted by Gasteiger charge is -2.30. The lowest BCUT2D eigenvalue weighted by Crippen LogP contribution is -2.42. The second-order valence-corrected chi connectivity index (χ2v) is 4.50. The molecule has 1 fully saturated rings. The van der Waals surface area contributed by atoms with E-state index < -0.39 is 4.92 Å². The highest BCUT2D eigenvalue weighted by Crippen LogP contribution is 2.22. The maximum absolute atomic E-state index is 10.5. The summed E-state index contributed by atoms with van der Waals surface area (Å²) in [6, 6.07) is 6.95. The largest absolute Gasteiger partial charge is 0.381 e. The van der Waals surface area contributed by atoms with Crippen LogP contribution in [0.15, 0.2) is 24.3 Å². The number of non-ortho nitro benzene ring substituents is 1. The Hall–Kier alpha value is -1.62. The summed E-state index contributed by atoms with van der Waals surface area (Å²) in [6.45, 7) is 0. The molecule has 0 heterocycles. The summed E-state index contributed by atoms with van der Waals surface area (Å²) in [5.74, 6) is 0. The minimum absolute atomic E-state index is 0.114. The van der Waals surface area contributed by atoms with E-state index in [2.05, 4.69) is 5.32 Å². The SMILES string of the molecule is N[C@H]1CCCC[C@@H]1Nc1ccc([N+](=O)[O-])cc1. The van der Waals surface area contributed by atoms with Crippen molar-refractivity contribution in [3.05, 3.63) is 34.4 Å². The molecule has 0 unspecified atom stereocenters. The molecule has 2 rings (SSSR count). The molecule has 1 aromatic rings. The molecular formula is C12H17N3O2. The molecule has 0 amide bonds. The Kier molecular flexibility index (Phi) is 3.58. The van der Waals surface area contributed by atoms with E-state index in [0.717, 1.165) is 18.5 Å². The lowest BCUT2D eigenvalue weighted by atomic mass is 9.91. The van der Waals surface area contributed by atoms with E-state index in [9.17, 15) is 10.1 Å². The average Bonchev–Trinajstić information content (AvgIpc) is 2.33. The highest BCUT2D eigenvalue weighted by atomic mass is 16.6. The summed E-state index contributed by atoms with van der Waals surface area (Å²) in [6.07, 6.45) is 4.50. The second-order valence-electron chi connectivity index (χ2n) is 4.50. The Morgan fingerprint density at radius 3 is 2.47 bits per heavy atom. The van der Waals surface area contributed by atoms with Crippen molar-refractivity contribution in [1.29, 1.82) is 0 Å². The van der Waals surface area contributed by atoms with E-state index in [0.29, 0.717) is 0 Å². The third-order valence-corrected chi connectivity index (χ3v) is 3.25. The summed E-state index contributed by atoms with van der Waals surface area (Å²) in [5, 5.41) is 13.9. The van der Waals surface area contributed by atoms with Crippen molar-refractivity contribution in [3.8, 4) is 0 Å². The van der Waals surface area contributed by atoms with Crippen LogP contribution >= 0.6 is 0 Å². The fraction of sp³-hybridized carbons (Fsp3) is 0.500. The van der Waals surface area contributed by atoms with Crippen LogP contribution in [0.4, 0.5) is 11.4 Å². The van der Waals surface area contributed by atoms with Gasteiger partial charge in [0.15, 0.2) is 0 Å². The van der Waals surface area contributed by atoms with Gasteiger partial charge in [-0.25, -0.2) is 0 Å². The van der Waals surface area contributed by atoms with Gasteiger partial charge in [0.2, 0.25) is 0 Å². The summed E-state index contributed by atoms with van der Waals surface area (Å²) in [5.41, 5.74) is 7.05. The number of nitro groups is 1. The quantitative estimate of drug-likeness (QED) is 0.622. The Morgan fingerprint density at radius 2 is 1.88 bits per heavy atom. The summed E-state index contributed by atoms with van der Waals surface area (Å²) in [4.78, 5) is 10.1. The molecular weight excluding hydrogens is 218 g/mol. The number of hydrogen-bond donors (Lipinski definition) is 2. The van der Waals surface area contributed by atoms with Crippen molar-refractivity contribution < 1.29 is 4.92 Å². The van der Waals surface area contributed by atoms with Crippen LogP contribution < -0.4 is 11.1 Å². The Balaban J connectivity index is 2.00. The van der Waals surface area contributed by atoms with Gasteiger partial charge in [-0.2, -0.15) is 0 Å². The highest BCUT2D eigenvalue weighted by Gasteiger charge is 2.21. The van der Waals surface area contributed by atoms with Gasteiger partial charge >= 0.3 is 0 Å². The van der Waals surface area contributed by atoms with Crippen LogP contribution in [0.1, 0.15) is 25.7 Å². The third-order valence-electron chi connectivity index (χ3n) is 3.25. The molecule has 92 valence electrons. The molecule has 0 spiro atoms. The molecule has 0 saturated heterocycles. The van der Waals surface area contributed by atoms with Crippen LogP contribution in [-0.2, 0) is 0 Å². The van der Waals surface area contributed by atoms with E-state index in [1.165, 1.54) is 25.0 Å². The maximum atomic E-state index is 10.5. The van der Waals surface area contributed by atoms with E-state index in [1.54, 1.807) is 12.1 Å². The lowest BCUT2D eigenvalue weighted by molar-refractivity contribution is -0.384. The van der Waals surface area contributed by atoms with Gasteiger partial charge in [-0.3, -0.25) is 10.1 Å². The first kappa shape index (κ1) is 11.9. The fourth-order valence-corrected chi connectivity index (χ4v) is 2.23. The number of rotatable bonds is 3. The first-order valence-corrected chi connectivity index (χ1v) is 5.93. The molecule has 5 nitrogen and oxygen atoms in total. The zero-order valence-corrected chi connectivity index (χ0v) is 9.63. The van der Waals surface area contributed by atoms with Crippen molar-refractivity contribution >= 4 is 11.4 Å². The Labute approximate surface area is 100 Å². The molecule has 0 radical (unpaired) electrons. The molecule has 1 aromatic carbocycles. The Morgan fingerprint density at radius 1 is 1.24 bits per heavy atom. The molecule has 0 aromatic heterocycles. The van der Waals surface area contributed by atoms with Crippen molar-refractivity contribution in [2.75, 3.05) is 5.32 Å². The van der Waals surface area contributed by atoms with Crippen molar-refractivity contribution in [3.63, 3.8) is 0 Å². The minimum Gasteiger partial charge on any atom is -0.381 e. The third kappa shape index (κ3) is 2.94. The van der Waals surface area contributed by atoms with Crippen LogP contribution in [0, 0.1) is 10.1 Å². The normalized spacial score (nSPS) is 24.3. The molecule has 5 heteroatoms. The fourth-order valence-electron chi connectivity index (χ4n) is 2.23. The van der Waals surface area contributed by atoms with E-state index in [1.807, 2.05) is 0 Å². The number of hydrogen-bond acceptors (Lipinski definition) is 4. The van der Waals surface area contributed by atoms with Crippen molar-refractivity contribution in [2.24, 2.45) is 5.73 Å². The maximum Gasteiger partial charge on any atom is 0.269 e. The van der Waals surface area contributed by atoms with Gasteiger partial charge in [-0.15, -0.1) is 0 Å². The number of nitrogens with one attached hydrogen (secondary N) is 1. The molecule has 17 heavy (non-hydrogen) atoms. The zero-order chi connectivity index (χ0) is 12.3. The molecule has 2 atom stereocenters. The Bertz CT molecular complexity index is 391. The molecule has 0 bridgehead atoms. The zero-order valence-electron chi connectivity index (χ0n) is 9.63. The van der Waals surface area contributed by atoms with Gasteiger partial charge in [0.25, 0.3) is 5.69 Å². The first-order chi connectivity index (χ1) is 8.16. The standard InChI is InChI=1S/C12H17N3O2/c13-11-3-1-2-4-12(11)14-9-5-7-10(8-6-9)15(16)17/h5-8,11-12,14H,1-4,13H2/t11-,12-/m0/s1.